The van der Waals surface area contributed by atoms with Crippen LogP contribution in [-0.4, -0.2) is 58.0 Å². The molecule has 9 heteroatoms. The highest BCUT2D eigenvalue weighted by Crippen LogP contribution is 2.45. The van der Waals surface area contributed by atoms with Crippen LogP contribution in [0.25, 0.3) is 11.0 Å². The number of piperidine rings is 1. The van der Waals surface area contributed by atoms with Crippen LogP contribution in [0.3, 0.4) is 0 Å². The number of para-hydroxylation sites is 2. The van der Waals surface area contributed by atoms with Crippen molar-refractivity contribution in [1.29, 1.82) is 0 Å². The highest BCUT2D eigenvalue weighted by molar-refractivity contribution is 6.00. The molecule has 1 aromatic heterocycles. The van der Waals surface area contributed by atoms with Crippen molar-refractivity contribution in [1.82, 2.24) is 19.8 Å². The van der Waals surface area contributed by atoms with Crippen LogP contribution >= 0.6 is 0 Å². The first-order valence-electron chi connectivity index (χ1n) is 14.3. The number of carbonyl (C=O) groups is 1. The molecule has 2 aromatic rings. The summed E-state index contributed by atoms with van der Waals surface area (Å²) in [5.74, 6) is 1.75. The second-order valence-electron chi connectivity index (χ2n) is 11.9. The molecule has 1 N–H and O–H groups in total. The lowest BCUT2D eigenvalue weighted by Gasteiger charge is -2.54. The Balaban J connectivity index is 1.24. The van der Waals surface area contributed by atoms with Gasteiger partial charge in [-0.15, -0.1) is 0 Å². The number of benzene rings is 1. The highest BCUT2D eigenvalue weighted by atomic mass is 16.5. The van der Waals surface area contributed by atoms with Gasteiger partial charge in [-0.2, -0.15) is 10.1 Å². The van der Waals surface area contributed by atoms with Crippen LogP contribution in [0.15, 0.2) is 46.4 Å². The van der Waals surface area contributed by atoms with Gasteiger partial charge in [0, 0.05) is 24.2 Å². The number of ether oxygens (including phenoxy) is 1. The fraction of sp³-hybridized carbons (Fsp3) is 0.586. The van der Waals surface area contributed by atoms with E-state index in [1.807, 2.05) is 28.8 Å². The van der Waals surface area contributed by atoms with Crippen molar-refractivity contribution in [2.24, 2.45) is 16.9 Å². The number of hydrazone groups is 1. The van der Waals surface area contributed by atoms with Crippen molar-refractivity contribution >= 4 is 29.1 Å². The molecule has 9 nitrogen and oxygen atoms in total. The average Bonchev–Trinajstić information content (AvgIpc) is 3.07. The van der Waals surface area contributed by atoms with Gasteiger partial charge in [-0.3, -0.25) is 9.69 Å². The smallest absolute Gasteiger partial charge is 0.348 e. The molecular formula is C29H36N6O3. The maximum absolute atomic E-state index is 14.0. The number of amides is 2. The van der Waals surface area contributed by atoms with E-state index in [2.05, 4.69) is 26.9 Å². The average molecular weight is 517 g/mol. The Morgan fingerprint density at radius 2 is 1.61 bits per heavy atom. The standard InChI is InChI=1S/C29H36N6O3/c1-18-15-30-35(29(37)31-18)27-28(36)34(26-9-5-4-8-25(26)32-27)22-13-23-16-38-17-24(14-22)33(23)21-11-19-6-2-3-7-20(10-19)12-21/h4-5,8-9,15,19-24H,1-3,6-7,10-14,16-17H2,(H,31,37). The number of carbonyl (C=O) groups excluding carboxylic acids is 1. The topological polar surface area (TPSA) is 92.1 Å². The number of nitrogens with zero attached hydrogens (tertiary/aromatic N) is 5. The van der Waals surface area contributed by atoms with E-state index in [1.165, 1.54) is 51.2 Å². The van der Waals surface area contributed by atoms with Gasteiger partial charge >= 0.3 is 6.03 Å². The summed E-state index contributed by atoms with van der Waals surface area (Å²) in [5, 5.41) is 7.86. The first-order chi connectivity index (χ1) is 18.5. The Kier molecular flexibility index (Phi) is 6.08. The monoisotopic (exact) mass is 516 g/mol. The lowest BCUT2D eigenvalue weighted by Crippen LogP contribution is -2.62. The molecule has 38 heavy (non-hydrogen) atoms. The van der Waals surface area contributed by atoms with Gasteiger partial charge in [0.25, 0.3) is 5.56 Å². The Morgan fingerprint density at radius 3 is 2.32 bits per heavy atom. The van der Waals surface area contributed by atoms with Gasteiger partial charge in [-0.05, 0) is 56.1 Å². The van der Waals surface area contributed by atoms with E-state index in [0.717, 1.165) is 35.2 Å². The number of nitrogens with one attached hydrogen (secondary N) is 1. The van der Waals surface area contributed by atoms with Crippen molar-refractivity contribution in [3.8, 4) is 0 Å². The summed E-state index contributed by atoms with van der Waals surface area (Å²) >= 11 is 0. The molecule has 7 rings (SSSR count). The zero-order valence-corrected chi connectivity index (χ0v) is 21.8. The van der Waals surface area contributed by atoms with Gasteiger partial charge in [0.05, 0.1) is 36.2 Å². The van der Waals surface area contributed by atoms with Gasteiger partial charge < -0.3 is 14.6 Å². The first-order valence-corrected chi connectivity index (χ1v) is 14.3. The van der Waals surface area contributed by atoms with Crippen molar-refractivity contribution in [2.45, 2.75) is 82.0 Å². The third kappa shape index (κ3) is 4.16. The van der Waals surface area contributed by atoms with E-state index >= 15 is 0 Å². The molecule has 4 unspecified atom stereocenters. The molecule has 4 heterocycles. The van der Waals surface area contributed by atoms with Gasteiger partial charge in [0.1, 0.15) is 0 Å². The van der Waals surface area contributed by atoms with Crippen LogP contribution in [0.1, 0.15) is 63.8 Å². The second kappa shape index (κ2) is 9.61. The lowest BCUT2D eigenvalue weighted by atomic mass is 9.75. The van der Waals surface area contributed by atoms with Crippen molar-refractivity contribution in [3.63, 3.8) is 0 Å². The van der Waals surface area contributed by atoms with Crippen molar-refractivity contribution in [3.05, 3.63) is 46.9 Å². The molecule has 200 valence electrons. The molecule has 2 saturated heterocycles. The number of allylic oxidation sites excluding steroid dienone is 1. The third-order valence-electron chi connectivity index (χ3n) is 9.46. The van der Waals surface area contributed by atoms with Crippen LogP contribution in [0, 0.1) is 11.8 Å². The molecule has 0 radical (unpaired) electrons. The third-order valence-corrected chi connectivity index (χ3v) is 9.46. The summed E-state index contributed by atoms with van der Waals surface area (Å²) in [6.45, 7) is 5.15. The van der Waals surface area contributed by atoms with Crippen LogP contribution in [0.4, 0.5) is 10.6 Å². The molecule has 2 aliphatic carbocycles. The van der Waals surface area contributed by atoms with E-state index in [-0.39, 0.29) is 17.4 Å². The molecular weight excluding hydrogens is 480 g/mol. The molecule has 4 atom stereocenters. The normalized spacial score (nSPS) is 33.7. The minimum absolute atomic E-state index is 0.00182. The molecule has 4 bridgehead atoms. The Hall–Kier alpha value is -3.04. The van der Waals surface area contributed by atoms with Crippen LogP contribution in [0.5, 0.6) is 0 Å². The maximum atomic E-state index is 14.0. The minimum Gasteiger partial charge on any atom is -0.378 e. The van der Waals surface area contributed by atoms with Crippen molar-refractivity contribution in [2.75, 3.05) is 18.2 Å². The summed E-state index contributed by atoms with van der Waals surface area (Å²) in [5.41, 5.74) is 1.57. The van der Waals surface area contributed by atoms with E-state index in [9.17, 15) is 9.59 Å². The van der Waals surface area contributed by atoms with E-state index < -0.39 is 6.03 Å². The molecule has 4 fully saturated rings. The summed E-state index contributed by atoms with van der Waals surface area (Å²) in [6, 6.07) is 8.38. The number of hydrogen-bond acceptors (Lipinski definition) is 6. The Bertz CT molecular complexity index is 1330. The highest BCUT2D eigenvalue weighted by Gasteiger charge is 2.46. The number of aromatic nitrogens is 2. The summed E-state index contributed by atoms with van der Waals surface area (Å²) in [6.07, 6.45) is 12.7. The minimum atomic E-state index is -0.525. The molecule has 5 aliphatic rings. The predicted octanol–water partition coefficient (Wildman–Crippen LogP) is 4.19. The molecule has 1 aromatic carbocycles. The fourth-order valence-corrected chi connectivity index (χ4v) is 8.03. The number of urea groups is 1. The van der Waals surface area contributed by atoms with Gasteiger partial charge in [0.15, 0.2) is 0 Å². The molecule has 3 aliphatic heterocycles. The van der Waals surface area contributed by atoms with Gasteiger partial charge in [-0.1, -0.05) is 44.4 Å². The Labute approximate surface area is 222 Å². The number of morpholine rings is 1. The maximum Gasteiger partial charge on any atom is 0.348 e. The molecule has 0 spiro atoms. The predicted molar refractivity (Wildman–Crippen MR) is 146 cm³/mol. The summed E-state index contributed by atoms with van der Waals surface area (Å²) < 4.78 is 7.97. The zero-order chi connectivity index (χ0) is 25.8. The van der Waals surface area contributed by atoms with Gasteiger partial charge in [0.2, 0.25) is 5.82 Å². The summed E-state index contributed by atoms with van der Waals surface area (Å²) in [7, 11) is 0. The first kappa shape index (κ1) is 24.0. The SMILES string of the molecule is C=C1C=NN(c2nc3ccccc3n(C3CC4COCC(C3)N4C3CC4CCCCC(C4)C3)c2=O)C(=O)N1. The van der Waals surface area contributed by atoms with Crippen molar-refractivity contribution < 1.29 is 9.53 Å². The van der Waals surface area contributed by atoms with Crippen LogP contribution in [0.2, 0.25) is 0 Å². The zero-order valence-electron chi connectivity index (χ0n) is 21.8. The molecule has 2 amide bonds. The summed E-state index contributed by atoms with van der Waals surface area (Å²) in [4.78, 5) is 34.1. The Morgan fingerprint density at radius 1 is 0.895 bits per heavy atom. The quantitative estimate of drug-likeness (QED) is 0.661. The largest absolute Gasteiger partial charge is 0.378 e. The number of rotatable bonds is 3. The number of anilines is 1. The van der Waals surface area contributed by atoms with E-state index in [0.29, 0.717) is 42.6 Å². The van der Waals surface area contributed by atoms with E-state index in [4.69, 9.17) is 4.74 Å². The van der Waals surface area contributed by atoms with Crippen LogP contribution < -0.4 is 15.9 Å². The second-order valence-corrected chi connectivity index (χ2v) is 11.9. The number of hydrogen-bond donors (Lipinski definition) is 1. The van der Waals surface area contributed by atoms with Crippen LogP contribution in [-0.2, 0) is 4.74 Å². The van der Waals surface area contributed by atoms with Gasteiger partial charge in [-0.25, -0.2) is 9.78 Å². The lowest BCUT2D eigenvalue weighted by molar-refractivity contribution is -0.116. The number of fused-ring (bicyclic) bond motifs is 5. The van der Waals surface area contributed by atoms with E-state index in [1.54, 1.807) is 0 Å². The fourth-order valence-electron chi connectivity index (χ4n) is 8.03. The molecule has 2 saturated carbocycles.